The number of halogens is 2. The molecule has 25 heavy (non-hydrogen) atoms. The average Bonchev–Trinajstić information content (AvgIpc) is 2.57. The quantitative estimate of drug-likeness (QED) is 0.879. The number of aliphatic hydroxyl groups is 1. The summed E-state index contributed by atoms with van der Waals surface area (Å²) >= 11 is 6.13. The number of piperidine rings is 2. The van der Waals surface area contributed by atoms with Gasteiger partial charge in [-0.25, -0.2) is 4.39 Å². The maximum Gasteiger partial charge on any atom is 0.248 e. The van der Waals surface area contributed by atoms with Crippen molar-refractivity contribution in [3.05, 3.63) is 34.6 Å². The Labute approximate surface area is 152 Å². The Bertz CT molecular complexity index is 645. The van der Waals surface area contributed by atoms with Crippen LogP contribution in [-0.2, 0) is 16.1 Å². The van der Waals surface area contributed by atoms with Gasteiger partial charge < -0.3 is 14.7 Å². The molecule has 0 aromatic heterocycles. The zero-order valence-corrected chi connectivity index (χ0v) is 15.1. The molecule has 2 atom stereocenters. The summed E-state index contributed by atoms with van der Waals surface area (Å²) in [7, 11) is 1.51. The SMILES string of the molecule is COCC(=O)N1CC[C@@]2(O)CCN(Cc3ccc(F)cc3Cl)C[C@H]2C1. The molecule has 7 heteroatoms. The van der Waals surface area contributed by atoms with Crippen molar-refractivity contribution in [1.82, 2.24) is 9.80 Å². The minimum absolute atomic E-state index is 0.00460. The van der Waals surface area contributed by atoms with Gasteiger partial charge in [0.2, 0.25) is 5.91 Å². The minimum atomic E-state index is -0.715. The number of methoxy groups -OCH3 is 1. The summed E-state index contributed by atoms with van der Waals surface area (Å²) in [5.41, 5.74) is 0.157. The molecule has 1 amide bonds. The molecule has 3 rings (SSSR count). The van der Waals surface area contributed by atoms with Gasteiger partial charge in [0.1, 0.15) is 12.4 Å². The van der Waals surface area contributed by atoms with Gasteiger partial charge in [0.25, 0.3) is 0 Å². The third-order valence-corrected chi connectivity index (χ3v) is 5.74. The largest absolute Gasteiger partial charge is 0.389 e. The fourth-order valence-corrected chi connectivity index (χ4v) is 4.07. The Morgan fingerprint density at radius 3 is 2.88 bits per heavy atom. The van der Waals surface area contributed by atoms with Crippen molar-refractivity contribution < 1.29 is 19.0 Å². The molecule has 1 N–H and O–H groups in total. The summed E-state index contributed by atoms with van der Waals surface area (Å²) in [6.45, 7) is 3.22. The monoisotopic (exact) mass is 370 g/mol. The van der Waals surface area contributed by atoms with Gasteiger partial charge in [-0.15, -0.1) is 0 Å². The molecule has 0 spiro atoms. The van der Waals surface area contributed by atoms with E-state index >= 15 is 0 Å². The fourth-order valence-electron chi connectivity index (χ4n) is 3.85. The third kappa shape index (κ3) is 4.14. The molecule has 0 aliphatic carbocycles. The van der Waals surface area contributed by atoms with Crippen LogP contribution >= 0.6 is 11.6 Å². The van der Waals surface area contributed by atoms with Gasteiger partial charge in [-0.1, -0.05) is 17.7 Å². The van der Waals surface area contributed by atoms with Crippen molar-refractivity contribution >= 4 is 17.5 Å². The summed E-state index contributed by atoms with van der Waals surface area (Å²) in [6, 6.07) is 4.43. The number of ether oxygens (including phenoxy) is 1. The van der Waals surface area contributed by atoms with Crippen LogP contribution in [0.5, 0.6) is 0 Å². The molecular formula is C18H24ClFN2O3. The average molecular weight is 371 g/mol. The maximum atomic E-state index is 13.2. The maximum absolute atomic E-state index is 13.2. The number of hydrogen-bond acceptors (Lipinski definition) is 4. The first-order valence-electron chi connectivity index (χ1n) is 8.56. The van der Waals surface area contributed by atoms with Crippen LogP contribution in [0.3, 0.4) is 0 Å². The Kier molecular flexibility index (Phi) is 5.63. The van der Waals surface area contributed by atoms with Crippen LogP contribution in [0.25, 0.3) is 0 Å². The van der Waals surface area contributed by atoms with Crippen LogP contribution in [0.2, 0.25) is 5.02 Å². The highest BCUT2D eigenvalue weighted by molar-refractivity contribution is 6.31. The Balaban J connectivity index is 1.66. The molecule has 1 aromatic carbocycles. The van der Waals surface area contributed by atoms with Gasteiger partial charge in [0.05, 0.1) is 5.60 Å². The van der Waals surface area contributed by atoms with E-state index in [-0.39, 0.29) is 24.2 Å². The van der Waals surface area contributed by atoms with E-state index in [0.29, 0.717) is 44.0 Å². The van der Waals surface area contributed by atoms with Crippen LogP contribution in [0.1, 0.15) is 18.4 Å². The zero-order valence-electron chi connectivity index (χ0n) is 14.4. The number of carbonyl (C=O) groups is 1. The van der Waals surface area contributed by atoms with E-state index in [4.69, 9.17) is 16.3 Å². The number of fused-ring (bicyclic) bond motifs is 1. The number of benzene rings is 1. The van der Waals surface area contributed by atoms with Crippen molar-refractivity contribution in [3.63, 3.8) is 0 Å². The van der Waals surface area contributed by atoms with E-state index in [1.54, 1.807) is 11.0 Å². The second-order valence-electron chi connectivity index (χ2n) is 7.04. The smallest absolute Gasteiger partial charge is 0.248 e. The summed E-state index contributed by atoms with van der Waals surface area (Å²) < 4.78 is 18.1. The molecule has 0 bridgehead atoms. The van der Waals surface area contributed by atoms with E-state index in [9.17, 15) is 14.3 Å². The van der Waals surface area contributed by atoms with E-state index in [1.807, 2.05) is 0 Å². The molecular weight excluding hydrogens is 347 g/mol. The van der Waals surface area contributed by atoms with Crippen molar-refractivity contribution in [2.75, 3.05) is 39.9 Å². The molecule has 2 aliphatic heterocycles. The molecule has 5 nitrogen and oxygen atoms in total. The summed E-state index contributed by atoms with van der Waals surface area (Å²) in [5, 5.41) is 11.3. The Morgan fingerprint density at radius 2 is 2.16 bits per heavy atom. The van der Waals surface area contributed by atoms with Gasteiger partial charge in [0, 0.05) is 50.8 Å². The van der Waals surface area contributed by atoms with Crippen LogP contribution in [0.4, 0.5) is 4.39 Å². The summed E-state index contributed by atoms with van der Waals surface area (Å²) in [5.74, 6) is -0.389. The number of nitrogens with zero attached hydrogens (tertiary/aromatic N) is 2. The molecule has 2 heterocycles. The number of rotatable bonds is 4. The first-order chi connectivity index (χ1) is 11.9. The molecule has 0 radical (unpaired) electrons. The number of carbonyl (C=O) groups excluding carboxylic acids is 1. The number of amides is 1. The molecule has 0 unspecified atom stereocenters. The van der Waals surface area contributed by atoms with Crippen molar-refractivity contribution in [3.8, 4) is 0 Å². The molecule has 2 saturated heterocycles. The summed E-state index contributed by atoms with van der Waals surface area (Å²) in [4.78, 5) is 16.1. The number of likely N-dealkylation sites (tertiary alicyclic amines) is 2. The highest BCUT2D eigenvalue weighted by atomic mass is 35.5. The highest BCUT2D eigenvalue weighted by Gasteiger charge is 2.45. The van der Waals surface area contributed by atoms with Gasteiger partial charge in [-0.05, 0) is 30.5 Å². The van der Waals surface area contributed by atoms with E-state index in [2.05, 4.69) is 4.90 Å². The van der Waals surface area contributed by atoms with Gasteiger partial charge in [-0.2, -0.15) is 0 Å². The van der Waals surface area contributed by atoms with Crippen LogP contribution < -0.4 is 0 Å². The second-order valence-corrected chi connectivity index (χ2v) is 7.45. The van der Waals surface area contributed by atoms with Gasteiger partial charge in [-0.3, -0.25) is 9.69 Å². The topological polar surface area (TPSA) is 53.0 Å². The lowest BCUT2D eigenvalue weighted by Crippen LogP contribution is -2.60. The molecule has 2 aliphatic rings. The lowest BCUT2D eigenvalue weighted by Gasteiger charge is -2.50. The number of hydrogen-bond donors (Lipinski definition) is 1. The fraction of sp³-hybridized carbons (Fsp3) is 0.611. The normalized spacial score (nSPS) is 27.2. The van der Waals surface area contributed by atoms with Crippen LogP contribution in [-0.4, -0.2) is 66.3 Å². The van der Waals surface area contributed by atoms with Gasteiger partial charge >= 0.3 is 0 Å². The van der Waals surface area contributed by atoms with E-state index in [0.717, 1.165) is 12.1 Å². The van der Waals surface area contributed by atoms with Gasteiger partial charge in [0.15, 0.2) is 0 Å². The highest BCUT2D eigenvalue weighted by Crippen LogP contribution is 2.36. The standard InChI is InChI=1S/C18H24ClFN2O3/c1-25-12-17(23)22-7-5-18(24)4-6-21(10-14(18)11-22)9-13-2-3-15(20)8-16(13)19/h2-3,8,14,24H,4-7,9-12H2,1H3/t14-,18-/m0/s1. The molecule has 0 saturated carbocycles. The molecule has 138 valence electrons. The van der Waals surface area contributed by atoms with E-state index < -0.39 is 5.60 Å². The predicted octanol–water partition coefficient (Wildman–Crippen LogP) is 1.91. The minimum Gasteiger partial charge on any atom is -0.389 e. The predicted molar refractivity (Wildman–Crippen MR) is 92.8 cm³/mol. The van der Waals surface area contributed by atoms with Crippen LogP contribution in [0, 0.1) is 11.7 Å². The van der Waals surface area contributed by atoms with Crippen molar-refractivity contribution in [2.24, 2.45) is 5.92 Å². The Morgan fingerprint density at radius 1 is 1.40 bits per heavy atom. The van der Waals surface area contributed by atoms with Crippen molar-refractivity contribution in [2.45, 2.75) is 25.0 Å². The first-order valence-corrected chi connectivity index (χ1v) is 8.94. The second kappa shape index (κ2) is 7.58. The lowest BCUT2D eigenvalue weighted by molar-refractivity contribution is -0.150. The lowest BCUT2D eigenvalue weighted by atomic mass is 9.75. The molecule has 1 aromatic rings. The van der Waals surface area contributed by atoms with Crippen molar-refractivity contribution in [1.29, 1.82) is 0 Å². The summed E-state index contributed by atoms with van der Waals surface area (Å²) in [6.07, 6.45) is 1.26. The molecule has 2 fully saturated rings. The van der Waals surface area contributed by atoms with Crippen LogP contribution in [0.15, 0.2) is 18.2 Å². The zero-order chi connectivity index (χ0) is 18.0. The van der Waals surface area contributed by atoms with E-state index in [1.165, 1.54) is 19.2 Å². The first kappa shape index (κ1) is 18.6. The third-order valence-electron chi connectivity index (χ3n) is 5.38. The Hall–Kier alpha value is -1.21.